The molecule has 1 amide bonds. The number of aliphatic imine (C=N–C) groups is 1. The lowest BCUT2D eigenvalue weighted by Crippen LogP contribution is -2.47. The molecule has 10 heteroatoms. The lowest BCUT2D eigenvalue weighted by molar-refractivity contribution is -0.126. The van der Waals surface area contributed by atoms with E-state index in [1.807, 2.05) is 32.9 Å². The smallest absolute Gasteiger partial charge is 0.248 e. The molecule has 176 valence electrons. The molecular weight excluding hydrogens is 543 g/mol. The third kappa shape index (κ3) is 7.91. The third-order valence-electron chi connectivity index (χ3n) is 5.10. The average molecular weight is 575 g/mol. The second-order valence-corrected chi connectivity index (χ2v) is 8.52. The molecule has 2 aromatic rings. The minimum Gasteiger partial charge on any atom is -0.357 e. The van der Waals surface area contributed by atoms with Crippen LogP contribution in [0.2, 0.25) is 5.02 Å². The highest BCUT2D eigenvalue weighted by Gasteiger charge is 2.28. The molecule has 1 aliphatic carbocycles. The summed E-state index contributed by atoms with van der Waals surface area (Å²) in [6, 6.07) is 7.63. The monoisotopic (exact) mass is 574 g/mol. The van der Waals surface area contributed by atoms with Crippen LogP contribution in [0.4, 0.5) is 0 Å². The van der Waals surface area contributed by atoms with Crippen molar-refractivity contribution in [2.24, 2.45) is 10.9 Å². The van der Waals surface area contributed by atoms with E-state index in [9.17, 15) is 4.79 Å². The van der Waals surface area contributed by atoms with Gasteiger partial charge in [-0.15, -0.1) is 24.0 Å². The maximum atomic E-state index is 12.4. The highest BCUT2D eigenvalue weighted by atomic mass is 127. The largest absolute Gasteiger partial charge is 0.357 e. The van der Waals surface area contributed by atoms with Crippen LogP contribution in [-0.4, -0.2) is 40.6 Å². The molecule has 1 fully saturated rings. The Hall–Kier alpha value is -1.88. The molecule has 1 heterocycles. The number of carbonyl (C=O) groups excluding carboxylic acids is 1. The molecule has 3 rings (SSSR count). The first-order chi connectivity index (χ1) is 14.9. The standard InChI is InChI=1S/C22H31ClN6O2.HI/c1-4-24-22(27-18-7-5-6-16(12-18)21(30)26-14(2)3)25-13-19-28-20(29-31-19)15-8-10-17(23)11-9-15;/h8-11,14,16,18H,4-7,12-13H2,1-3H3,(H,26,30)(H2,24,25,27);1H. The topological polar surface area (TPSA) is 104 Å². The zero-order valence-corrected chi connectivity index (χ0v) is 21.8. The summed E-state index contributed by atoms with van der Waals surface area (Å²) < 4.78 is 5.34. The van der Waals surface area contributed by atoms with Gasteiger partial charge in [-0.3, -0.25) is 4.79 Å². The number of nitrogens with zero attached hydrogens (tertiary/aromatic N) is 3. The number of guanidine groups is 1. The van der Waals surface area contributed by atoms with Crippen molar-refractivity contribution in [2.75, 3.05) is 6.54 Å². The second kappa shape index (κ2) is 13.0. The molecule has 1 aromatic carbocycles. The number of carbonyl (C=O) groups is 1. The van der Waals surface area contributed by atoms with Crippen molar-refractivity contribution in [2.45, 2.75) is 65.1 Å². The first-order valence-corrected chi connectivity index (χ1v) is 11.3. The van der Waals surface area contributed by atoms with Gasteiger partial charge in [-0.1, -0.05) is 23.2 Å². The Morgan fingerprint density at radius 2 is 2.03 bits per heavy atom. The Bertz CT molecular complexity index is 887. The summed E-state index contributed by atoms with van der Waals surface area (Å²) in [6.45, 7) is 6.99. The average Bonchev–Trinajstić information content (AvgIpc) is 3.21. The van der Waals surface area contributed by atoms with E-state index in [2.05, 4.69) is 31.1 Å². The molecule has 1 aliphatic rings. The molecule has 2 unspecified atom stereocenters. The molecule has 0 bridgehead atoms. The highest BCUT2D eigenvalue weighted by molar-refractivity contribution is 14.0. The summed E-state index contributed by atoms with van der Waals surface area (Å²) in [5, 5.41) is 14.4. The molecule has 1 aromatic heterocycles. The lowest BCUT2D eigenvalue weighted by Gasteiger charge is -2.30. The lowest BCUT2D eigenvalue weighted by atomic mass is 9.85. The minimum atomic E-state index is 0. The van der Waals surface area contributed by atoms with Crippen molar-refractivity contribution in [3.05, 3.63) is 35.2 Å². The van der Waals surface area contributed by atoms with Crippen molar-refractivity contribution in [3.8, 4) is 11.4 Å². The van der Waals surface area contributed by atoms with E-state index in [0.717, 1.165) is 37.8 Å². The number of hydrogen-bond donors (Lipinski definition) is 3. The molecule has 32 heavy (non-hydrogen) atoms. The van der Waals surface area contributed by atoms with Gasteiger partial charge in [-0.2, -0.15) is 4.98 Å². The first-order valence-electron chi connectivity index (χ1n) is 10.9. The van der Waals surface area contributed by atoms with Gasteiger partial charge in [0.2, 0.25) is 17.6 Å². The molecule has 0 aliphatic heterocycles. The number of hydrogen-bond acceptors (Lipinski definition) is 5. The molecule has 0 saturated heterocycles. The van der Waals surface area contributed by atoms with Crippen LogP contribution in [0, 0.1) is 5.92 Å². The number of benzene rings is 1. The molecule has 2 atom stereocenters. The van der Waals surface area contributed by atoms with Crippen molar-refractivity contribution in [1.82, 2.24) is 26.1 Å². The molecule has 0 spiro atoms. The fourth-order valence-corrected chi connectivity index (χ4v) is 3.78. The van der Waals surface area contributed by atoms with Gasteiger partial charge in [-0.05, 0) is 64.3 Å². The van der Waals surface area contributed by atoms with Crippen molar-refractivity contribution >= 4 is 47.4 Å². The van der Waals surface area contributed by atoms with Crippen molar-refractivity contribution < 1.29 is 9.32 Å². The summed E-state index contributed by atoms with van der Waals surface area (Å²) in [5.74, 6) is 1.80. The Balaban J connectivity index is 0.00000363. The number of halogens is 2. The van der Waals surface area contributed by atoms with E-state index >= 15 is 0 Å². The van der Waals surface area contributed by atoms with E-state index in [-0.39, 0.29) is 54.4 Å². The fourth-order valence-electron chi connectivity index (χ4n) is 3.66. The second-order valence-electron chi connectivity index (χ2n) is 8.08. The van der Waals surface area contributed by atoms with Crippen LogP contribution >= 0.6 is 35.6 Å². The predicted octanol–water partition coefficient (Wildman–Crippen LogP) is 4.15. The minimum absolute atomic E-state index is 0. The van der Waals surface area contributed by atoms with Crippen molar-refractivity contribution in [1.29, 1.82) is 0 Å². The van der Waals surface area contributed by atoms with Gasteiger partial charge in [0.05, 0.1) is 0 Å². The molecule has 8 nitrogen and oxygen atoms in total. The quantitative estimate of drug-likeness (QED) is 0.261. The van der Waals surface area contributed by atoms with E-state index in [1.165, 1.54) is 0 Å². The highest BCUT2D eigenvalue weighted by Crippen LogP contribution is 2.25. The third-order valence-corrected chi connectivity index (χ3v) is 5.36. The van der Waals surface area contributed by atoms with Crippen LogP contribution in [0.25, 0.3) is 11.4 Å². The van der Waals surface area contributed by atoms with Crippen LogP contribution < -0.4 is 16.0 Å². The van der Waals surface area contributed by atoms with Crippen molar-refractivity contribution in [3.63, 3.8) is 0 Å². The Labute approximate surface area is 211 Å². The number of nitrogens with one attached hydrogen (secondary N) is 3. The zero-order chi connectivity index (χ0) is 22.2. The summed E-state index contributed by atoms with van der Waals surface area (Å²) in [7, 11) is 0. The summed E-state index contributed by atoms with van der Waals surface area (Å²) >= 11 is 5.93. The van der Waals surface area contributed by atoms with Crippen LogP contribution in [0.3, 0.4) is 0 Å². The van der Waals surface area contributed by atoms with Gasteiger partial charge in [0.1, 0.15) is 6.54 Å². The normalized spacial score (nSPS) is 18.7. The molecule has 1 saturated carbocycles. The van der Waals surface area contributed by atoms with Gasteiger partial charge < -0.3 is 20.5 Å². The van der Waals surface area contributed by atoms with Gasteiger partial charge in [-0.25, -0.2) is 4.99 Å². The van der Waals surface area contributed by atoms with Gasteiger partial charge in [0.15, 0.2) is 5.96 Å². The number of amides is 1. The van der Waals surface area contributed by atoms with Gasteiger partial charge in [0.25, 0.3) is 0 Å². The summed E-state index contributed by atoms with van der Waals surface area (Å²) in [6.07, 6.45) is 3.75. The van der Waals surface area contributed by atoms with Crippen LogP contribution in [0.15, 0.2) is 33.8 Å². The number of aromatic nitrogens is 2. The van der Waals surface area contributed by atoms with Gasteiger partial charge >= 0.3 is 0 Å². The van der Waals surface area contributed by atoms with Crippen LogP contribution in [-0.2, 0) is 11.3 Å². The Morgan fingerprint density at radius 3 is 2.72 bits per heavy atom. The fraction of sp³-hybridized carbons (Fsp3) is 0.545. The summed E-state index contributed by atoms with van der Waals surface area (Å²) in [4.78, 5) is 21.4. The van der Waals surface area contributed by atoms with E-state index in [1.54, 1.807) is 12.1 Å². The van der Waals surface area contributed by atoms with Crippen LogP contribution in [0.1, 0.15) is 52.3 Å². The zero-order valence-electron chi connectivity index (χ0n) is 18.7. The first kappa shape index (κ1) is 26.4. The molecule has 3 N–H and O–H groups in total. The van der Waals surface area contributed by atoms with Crippen LogP contribution in [0.5, 0.6) is 0 Å². The number of rotatable bonds is 7. The Morgan fingerprint density at radius 1 is 1.28 bits per heavy atom. The van der Waals surface area contributed by atoms with E-state index < -0.39 is 0 Å². The van der Waals surface area contributed by atoms with Gasteiger partial charge in [0, 0.05) is 35.1 Å². The Kier molecular flexibility index (Phi) is 10.7. The summed E-state index contributed by atoms with van der Waals surface area (Å²) in [5.41, 5.74) is 0.835. The maximum Gasteiger partial charge on any atom is 0.248 e. The predicted molar refractivity (Wildman–Crippen MR) is 137 cm³/mol. The maximum absolute atomic E-state index is 12.4. The molecular formula is C22H32ClIN6O2. The van der Waals surface area contributed by atoms with E-state index in [0.29, 0.717) is 22.7 Å². The SMILES string of the molecule is CCNC(=NCc1nc(-c2ccc(Cl)cc2)no1)NC1CCCC(C(=O)NC(C)C)C1.I. The molecule has 0 radical (unpaired) electrons. The van der Waals surface area contributed by atoms with E-state index in [4.69, 9.17) is 16.1 Å².